The number of fused-ring (bicyclic) bond motifs is 1. The van der Waals surface area contributed by atoms with Gasteiger partial charge < -0.3 is 28.9 Å². The van der Waals surface area contributed by atoms with Gasteiger partial charge in [-0.05, 0) is 65.8 Å². The maximum absolute atomic E-state index is 14.3. The Bertz CT molecular complexity index is 1550. The standard InChI is InChI=1S/C34H43FN6O5/c1-7-41(22(2)3)32(42)25-18-23(35)8-9-28(25)45-30-19-36-21-38-31(30)39-15-11-24(12-16-39)44-29-10-14-37-27-13-17-40(20-26(27)29)33(43)46-34(4,5)6/h8-10,14,18-19,21-22,24H,7,11-13,15-17,20H2,1-6H3. The van der Waals surface area contributed by atoms with Crippen LogP contribution in [-0.4, -0.2) is 80.7 Å². The highest BCUT2D eigenvalue weighted by Gasteiger charge is 2.30. The number of anilines is 1. The lowest BCUT2D eigenvalue weighted by Crippen LogP contribution is -2.41. The van der Waals surface area contributed by atoms with E-state index < -0.39 is 11.4 Å². The van der Waals surface area contributed by atoms with Crippen LogP contribution in [0.2, 0.25) is 0 Å². The van der Waals surface area contributed by atoms with Crippen molar-refractivity contribution in [2.24, 2.45) is 0 Å². The second-order valence-electron chi connectivity index (χ2n) is 12.8. The molecule has 2 aromatic heterocycles. The Hall–Kier alpha value is -4.48. The van der Waals surface area contributed by atoms with Crippen LogP contribution in [0.5, 0.6) is 17.2 Å². The summed E-state index contributed by atoms with van der Waals surface area (Å²) in [5.41, 5.74) is 1.42. The summed E-state index contributed by atoms with van der Waals surface area (Å²) >= 11 is 0. The van der Waals surface area contributed by atoms with E-state index in [9.17, 15) is 14.0 Å². The van der Waals surface area contributed by atoms with E-state index >= 15 is 0 Å². The fraction of sp³-hybridized carbons (Fsp3) is 0.500. The second kappa shape index (κ2) is 13.9. The largest absolute Gasteiger partial charge is 0.490 e. The molecule has 0 unspecified atom stereocenters. The molecule has 2 aliphatic rings. The van der Waals surface area contributed by atoms with Gasteiger partial charge >= 0.3 is 6.09 Å². The normalized spacial score (nSPS) is 15.4. The monoisotopic (exact) mass is 634 g/mol. The van der Waals surface area contributed by atoms with Gasteiger partial charge in [-0.1, -0.05) is 0 Å². The molecule has 5 rings (SSSR count). The van der Waals surface area contributed by atoms with Gasteiger partial charge in [0, 0.05) is 63.2 Å². The summed E-state index contributed by atoms with van der Waals surface area (Å²) in [5, 5.41) is 0. The van der Waals surface area contributed by atoms with Crippen LogP contribution >= 0.6 is 0 Å². The van der Waals surface area contributed by atoms with Gasteiger partial charge in [0.15, 0.2) is 11.6 Å². The maximum atomic E-state index is 14.3. The van der Waals surface area contributed by atoms with Gasteiger partial charge in [-0.15, -0.1) is 0 Å². The summed E-state index contributed by atoms with van der Waals surface area (Å²) in [7, 11) is 0. The van der Waals surface area contributed by atoms with Crippen molar-refractivity contribution in [3.63, 3.8) is 0 Å². The lowest BCUT2D eigenvalue weighted by molar-refractivity contribution is 0.0219. The number of piperidine rings is 1. The quantitative estimate of drug-likeness (QED) is 0.294. The first-order valence-corrected chi connectivity index (χ1v) is 15.9. The lowest BCUT2D eigenvalue weighted by atomic mass is 10.0. The first-order chi connectivity index (χ1) is 21.9. The topological polar surface area (TPSA) is 110 Å². The van der Waals surface area contributed by atoms with Gasteiger partial charge in [0.2, 0.25) is 0 Å². The van der Waals surface area contributed by atoms with Crippen LogP contribution in [0.25, 0.3) is 0 Å². The maximum Gasteiger partial charge on any atom is 0.410 e. The van der Waals surface area contributed by atoms with Gasteiger partial charge in [0.25, 0.3) is 5.91 Å². The Balaban J connectivity index is 1.27. The Labute approximate surface area is 269 Å². The van der Waals surface area contributed by atoms with E-state index in [0.29, 0.717) is 50.7 Å². The van der Waals surface area contributed by atoms with E-state index in [0.717, 1.165) is 29.8 Å². The lowest BCUT2D eigenvalue weighted by Gasteiger charge is -2.35. The highest BCUT2D eigenvalue weighted by Crippen LogP contribution is 2.35. The number of carbonyl (C=O) groups excluding carboxylic acids is 2. The number of hydrogen-bond acceptors (Lipinski definition) is 9. The molecule has 0 saturated carbocycles. The van der Waals surface area contributed by atoms with E-state index in [2.05, 4.69) is 19.9 Å². The summed E-state index contributed by atoms with van der Waals surface area (Å²) in [6.45, 7) is 14.0. The molecule has 0 radical (unpaired) electrons. The molecule has 0 atom stereocenters. The molecular weight excluding hydrogens is 591 g/mol. The number of hydrogen-bond donors (Lipinski definition) is 0. The third-order valence-electron chi connectivity index (χ3n) is 8.03. The zero-order valence-electron chi connectivity index (χ0n) is 27.5. The van der Waals surface area contributed by atoms with E-state index in [1.165, 1.54) is 24.5 Å². The highest BCUT2D eigenvalue weighted by molar-refractivity contribution is 5.97. The second-order valence-corrected chi connectivity index (χ2v) is 12.8. The van der Waals surface area contributed by atoms with Crippen molar-refractivity contribution in [3.8, 4) is 17.2 Å². The molecular formula is C34H43FN6O5. The smallest absolute Gasteiger partial charge is 0.410 e. The summed E-state index contributed by atoms with van der Waals surface area (Å²) in [6, 6.07) is 5.75. The molecule has 1 saturated heterocycles. The minimum Gasteiger partial charge on any atom is -0.490 e. The number of nitrogens with zero attached hydrogens (tertiary/aromatic N) is 6. The van der Waals surface area contributed by atoms with E-state index in [1.54, 1.807) is 22.2 Å². The minimum atomic E-state index is -0.572. The highest BCUT2D eigenvalue weighted by atomic mass is 19.1. The molecule has 0 aliphatic carbocycles. The molecule has 246 valence electrons. The SMILES string of the molecule is CCN(C(=O)c1cc(F)ccc1Oc1cncnc1N1CCC(Oc2ccnc3c2CN(C(=O)OC(C)(C)C)CC3)CC1)C(C)C. The molecule has 0 bridgehead atoms. The molecule has 4 heterocycles. The molecule has 46 heavy (non-hydrogen) atoms. The predicted octanol–water partition coefficient (Wildman–Crippen LogP) is 6.01. The van der Waals surface area contributed by atoms with Crippen molar-refractivity contribution in [1.29, 1.82) is 0 Å². The zero-order valence-corrected chi connectivity index (χ0v) is 27.5. The molecule has 0 spiro atoms. The zero-order chi connectivity index (χ0) is 33.0. The summed E-state index contributed by atoms with van der Waals surface area (Å²) in [5.74, 6) is 1.11. The Morgan fingerprint density at radius 1 is 1.07 bits per heavy atom. The van der Waals surface area contributed by atoms with Crippen molar-refractivity contribution < 1.29 is 28.2 Å². The molecule has 3 aromatic rings. The number of halogens is 1. The van der Waals surface area contributed by atoms with Crippen LogP contribution in [0.4, 0.5) is 15.0 Å². The Morgan fingerprint density at radius 2 is 1.83 bits per heavy atom. The van der Waals surface area contributed by atoms with Crippen LogP contribution in [0.1, 0.15) is 76.0 Å². The number of carbonyl (C=O) groups is 2. The fourth-order valence-electron chi connectivity index (χ4n) is 5.76. The molecule has 2 amide bonds. The number of ether oxygens (including phenoxy) is 3. The van der Waals surface area contributed by atoms with Crippen molar-refractivity contribution in [2.75, 3.05) is 31.1 Å². The van der Waals surface area contributed by atoms with Crippen LogP contribution in [0, 0.1) is 5.82 Å². The number of amides is 2. The van der Waals surface area contributed by atoms with E-state index in [4.69, 9.17) is 14.2 Å². The number of pyridine rings is 1. The summed E-state index contributed by atoms with van der Waals surface area (Å²) in [6.07, 6.45) is 6.45. The van der Waals surface area contributed by atoms with Crippen LogP contribution in [-0.2, 0) is 17.7 Å². The van der Waals surface area contributed by atoms with Crippen LogP contribution < -0.4 is 14.4 Å². The van der Waals surface area contributed by atoms with Gasteiger partial charge in [0.1, 0.15) is 35.3 Å². The van der Waals surface area contributed by atoms with Crippen molar-refractivity contribution >= 4 is 17.8 Å². The summed E-state index contributed by atoms with van der Waals surface area (Å²) in [4.78, 5) is 44.8. The minimum absolute atomic E-state index is 0.0526. The number of rotatable bonds is 8. The first-order valence-electron chi connectivity index (χ1n) is 15.9. The van der Waals surface area contributed by atoms with Crippen molar-refractivity contribution in [1.82, 2.24) is 24.8 Å². The predicted molar refractivity (Wildman–Crippen MR) is 171 cm³/mol. The molecule has 11 nitrogen and oxygen atoms in total. The number of benzene rings is 1. The average molecular weight is 635 g/mol. The summed E-state index contributed by atoms with van der Waals surface area (Å²) < 4.78 is 32.6. The number of aromatic nitrogens is 3. The van der Waals surface area contributed by atoms with Crippen molar-refractivity contribution in [2.45, 2.75) is 85.1 Å². The first kappa shape index (κ1) is 32.9. The van der Waals surface area contributed by atoms with Gasteiger partial charge in [-0.2, -0.15) is 0 Å². The van der Waals surface area contributed by atoms with Gasteiger partial charge in [-0.25, -0.2) is 19.2 Å². The average Bonchev–Trinajstić information content (AvgIpc) is 3.02. The van der Waals surface area contributed by atoms with Crippen LogP contribution in [0.15, 0.2) is 43.0 Å². The van der Waals surface area contributed by atoms with Gasteiger partial charge in [0.05, 0.1) is 24.0 Å². The van der Waals surface area contributed by atoms with E-state index in [-0.39, 0.29) is 35.5 Å². The van der Waals surface area contributed by atoms with Crippen molar-refractivity contribution in [3.05, 3.63) is 65.6 Å². The van der Waals surface area contributed by atoms with Gasteiger partial charge in [-0.3, -0.25) is 9.78 Å². The third-order valence-corrected chi connectivity index (χ3v) is 8.03. The Kier molecular flexibility index (Phi) is 9.93. The third kappa shape index (κ3) is 7.66. The molecule has 0 N–H and O–H groups in total. The molecule has 1 fully saturated rings. The fourth-order valence-corrected chi connectivity index (χ4v) is 5.76. The van der Waals surface area contributed by atoms with Crippen LogP contribution in [0.3, 0.4) is 0 Å². The molecule has 12 heteroatoms. The van der Waals surface area contributed by atoms with E-state index in [1.807, 2.05) is 47.6 Å². The molecule has 2 aliphatic heterocycles. The molecule has 1 aromatic carbocycles. The Morgan fingerprint density at radius 3 is 2.52 bits per heavy atom.